The molecule has 4 fully saturated rings. The molecule has 4 aliphatic rings. The third-order valence-corrected chi connectivity index (χ3v) is 6.73. The van der Waals surface area contributed by atoms with E-state index in [1.165, 1.54) is 25.3 Å². The molecule has 1 heterocycles. The van der Waals surface area contributed by atoms with Crippen LogP contribution in [-0.2, 0) is 6.61 Å². The van der Waals surface area contributed by atoms with Crippen LogP contribution in [0.3, 0.4) is 0 Å². The highest BCUT2D eigenvalue weighted by Gasteiger charge is 2.51. The zero-order valence-electron chi connectivity index (χ0n) is 16.1. The first-order valence-corrected chi connectivity index (χ1v) is 10.3. The third-order valence-electron chi connectivity index (χ3n) is 6.73. The second kappa shape index (κ2) is 6.90. The van der Waals surface area contributed by atoms with Crippen LogP contribution < -0.4 is 10.1 Å². The van der Waals surface area contributed by atoms with Crippen molar-refractivity contribution in [3.05, 3.63) is 58.0 Å². The maximum absolute atomic E-state index is 12.8. The second-order valence-electron chi connectivity index (χ2n) is 8.93. The minimum Gasteiger partial charge on any atom is -0.479 e. The van der Waals surface area contributed by atoms with Gasteiger partial charge in [-0.15, -0.1) is 0 Å². The van der Waals surface area contributed by atoms with Gasteiger partial charge in [0.1, 0.15) is 12.4 Å². The van der Waals surface area contributed by atoms with E-state index in [0.717, 1.165) is 37.0 Å². The number of carbonyl (C=O) groups is 1. The summed E-state index contributed by atoms with van der Waals surface area (Å²) in [5, 5.41) is 14.4. The lowest BCUT2D eigenvalue weighted by molar-refractivity contribution is -0.386. The Morgan fingerprint density at radius 1 is 1.10 bits per heavy atom. The summed E-state index contributed by atoms with van der Waals surface area (Å²) in [4.78, 5) is 23.4. The second-order valence-corrected chi connectivity index (χ2v) is 8.93. The van der Waals surface area contributed by atoms with Gasteiger partial charge in [0, 0.05) is 11.6 Å². The summed E-state index contributed by atoms with van der Waals surface area (Å²) < 4.78 is 11.2. The Balaban J connectivity index is 1.24. The molecule has 7 heteroatoms. The molecule has 4 aliphatic carbocycles. The topological polar surface area (TPSA) is 94.6 Å². The molecule has 2 aromatic rings. The SMILES string of the molecule is O=C(NC12CC3CC(CC(C3)C1)C2)c1ccc(COc2ccccc2[N+](=O)[O-])o1. The van der Waals surface area contributed by atoms with E-state index in [-0.39, 0.29) is 35.3 Å². The van der Waals surface area contributed by atoms with Crippen molar-refractivity contribution in [2.75, 3.05) is 0 Å². The predicted octanol–water partition coefficient (Wildman–Crippen LogP) is 4.47. The monoisotopic (exact) mass is 396 g/mol. The van der Waals surface area contributed by atoms with Gasteiger partial charge in [-0.1, -0.05) is 12.1 Å². The Labute approximate surface area is 168 Å². The molecule has 1 aromatic carbocycles. The van der Waals surface area contributed by atoms with Crippen LogP contribution in [0, 0.1) is 27.9 Å². The molecule has 1 N–H and O–H groups in total. The van der Waals surface area contributed by atoms with Crippen LogP contribution >= 0.6 is 0 Å². The fourth-order valence-corrected chi connectivity index (χ4v) is 6.02. The standard InChI is InChI=1S/C22H24N2O5/c25-21(23-22-10-14-7-15(11-22)9-16(8-14)12-22)20-6-5-17(29-20)13-28-19-4-2-1-3-18(19)24(26)27/h1-6,14-16H,7-13H2,(H,23,25). The maximum atomic E-state index is 12.8. The molecule has 0 atom stereocenters. The molecule has 0 unspecified atom stereocenters. The largest absolute Gasteiger partial charge is 0.479 e. The Kier molecular flexibility index (Phi) is 4.33. The van der Waals surface area contributed by atoms with Crippen molar-refractivity contribution < 1.29 is 18.9 Å². The van der Waals surface area contributed by atoms with Gasteiger partial charge in [-0.2, -0.15) is 0 Å². The molecule has 6 rings (SSSR count). The number of hydrogen-bond acceptors (Lipinski definition) is 5. The molecule has 0 saturated heterocycles. The average molecular weight is 396 g/mol. The van der Waals surface area contributed by atoms with E-state index in [4.69, 9.17) is 9.15 Å². The Morgan fingerprint density at radius 3 is 2.41 bits per heavy atom. The lowest BCUT2D eigenvalue weighted by Gasteiger charge is -2.56. The average Bonchev–Trinajstić information content (AvgIpc) is 3.14. The highest BCUT2D eigenvalue weighted by molar-refractivity contribution is 5.92. The maximum Gasteiger partial charge on any atom is 0.310 e. The van der Waals surface area contributed by atoms with Crippen LogP contribution in [0.25, 0.3) is 0 Å². The summed E-state index contributed by atoms with van der Waals surface area (Å²) >= 11 is 0. The van der Waals surface area contributed by atoms with Crippen LogP contribution in [-0.4, -0.2) is 16.4 Å². The van der Waals surface area contributed by atoms with Crippen molar-refractivity contribution in [2.24, 2.45) is 17.8 Å². The molecule has 0 spiro atoms. The summed E-state index contributed by atoms with van der Waals surface area (Å²) in [5.41, 5.74) is -0.168. The van der Waals surface area contributed by atoms with Crippen molar-refractivity contribution in [1.82, 2.24) is 5.32 Å². The van der Waals surface area contributed by atoms with Crippen LogP contribution in [0.4, 0.5) is 5.69 Å². The molecule has 0 radical (unpaired) electrons. The molecule has 4 bridgehead atoms. The first-order valence-electron chi connectivity index (χ1n) is 10.3. The van der Waals surface area contributed by atoms with E-state index in [0.29, 0.717) is 5.76 Å². The smallest absolute Gasteiger partial charge is 0.310 e. The highest BCUT2D eigenvalue weighted by Crippen LogP contribution is 2.55. The van der Waals surface area contributed by atoms with Gasteiger partial charge >= 0.3 is 5.69 Å². The minimum atomic E-state index is -0.484. The Bertz CT molecular complexity index is 915. The summed E-state index contributed by atoms with van der Waals surface area (Å²) in [7, 11) is 0. The number of amides is 1. The number of nitrogens with one attached hydrogen (secondary N) is 1. The number of para-hydroxylation sites is 2. The number of nitro benzene ring substituents is 1. The molecule has 152 valence electrons. The van der Waals surface area contributed by atoms with Gasteiger partial charge < -0.3 is 14.5 Å². The molecule has 7 nitrogen and oxygen atoms in total. The quantitative estimate of drug-likeness (QED) is 0.574. The molecule has 1 amide bonds. The van der Waals surface area contributed by atoms with Gasteiger partial charge in [0.2, 0.25) is 0 Å². The Morgan fingerprint density at radius 2 is 1.76 bits per heavy atom. The van der Waals surface area contributed by atoms with Crippen molar-refractivity contribution in [3.63, 3.8) is 0 Å². The molecular weight excluding hydrogens is 372 g/mol. The zero-order valence-corrected chi connectivity index (χ0v) is 16.1. The van der Waals surface area contributed by atoms with Crippen LogP contribution in [0.1, 0.15) is 54.8 Å². The van der Waals surface area contributed by atoms with Gasteiger partial charge in [0.05, 0.1) is 4.92 Å². The van der Waals surface area contributed by atoms with Gasteiger partial charge in [0.15, 0.2) is 11.5 Å². The molecule has 4 saturated carbocycles. The summed E-state index contributed by atoms with van der Waals surface area (Å²) in [6.45, 7) is 0.0233. The zero-order chi connectivity index (χ0) is 20.0. The van der Waals surface area contributed by atoms with Crippen molar-refractivity contribution in [2.45, 2.75) is 50.7 Å². The minimum absolute atomic E-state index is 0.0233. The van der Waals surface area contributed by atoms with Gasteiger partial charge in [-0.3, -0.25) is 14.9 Å². The number of rotatable bonds is 6. The summed E-state index contributed by atoms with van der Waals surface area (Å²) in [5.74, 6) is 2.98. The van der Waals surface area contributed by atoms with Gasteiger partial charge in [-0.05, 0) is 74.5 Å². The third kappa shape index (κ3) is 3.50. The normalized spacial score (nSPS) is 29.6. The number of furan rings is 1. The van der Waals surface area contributed by atoms with E-state index in [9.17, 15) is 14.9 Å². The number of carbonyl (C=O) groups excluding carboxylic acids is 1. The fraction of sp³-hybridized carbons (Fsp3) is 0.500. The van der Waals surface area contributed by atoms with E-state index in [1.54, 1.807) is 30.3 Å². The van der Waals surface area contributed by atoms with E-state index in [2.05, 4.69) is 5.32 Å². The van der Waals surface area contributed by atoms with Crippen molar-refractivity contribution in [3.8, 4) is 5.75 Å². The van der Waals surface area contributed by atoms with E-state index in [1.807, 2.05) is 0 Å². The Hall–Kier alpha value is -2.83. The molecule has 1 aromatic heterocycles. The summed E-state index contributed by atoms with van der Waals surface area (Å²) in [6, 6.07) is 9.53. The van der Waals surface area contributed by atoms with Gasteiger partial charge in [0.25, 0.3) is 5.91 Å². The first kappa shape index (κ1) is 18.2. The number of nitrogens with zero attached hydrogens (tertiary/aromatic N) is 1. The van der Waals surface area contributed by atoms with E-state index < -0.39 is 4.92 Å². The molecule has 0 aliphatic heterocycles. The number of benzene rings is 1. The lowest BCUT2D eigenvalue weighted by Crippen LogP contribution is -2.59. The predicted molar refractivity (Wildman–Crippen MR) is 105 cm³/mol. The lowest BCUT2D eigenvalue weighted by atomic mass is 9.53. The molecular formula is C22H24N2O5. The van der Waals surface area contributed by atoms with Crippen LogP contribution in [0.5, 0.6) is 5.75 Å². The number of ether oxygens (including phenoxy) is 1. The van der Waals surface area contributed by atoms with Crippen molar-refractivity contribution in [1.29, 1.82) is 0 Å². The molecule has 29 heavy (non-hydrogen) atoms. The van der Waals surface area contributed by atoms with Crippen LogP contribution in [0.2, 0.25) is 0 Å². The fourth-order valence-electron chi connectivity index (χ4n) is 6.02. The highest BCUT2D eigenvalue weighted by atomic mass is 16.6. The van der Waals surface area contributed by atoms with Crippen molar-refractivity contribution >= 4 is 11.6 Å². The number of nitro groups is 1. The van der Waals surface area contributed by atoms with Crippen LogP contribution in [0.15, 0.2) is 40.8 Å². The van der Waals surface area contributed by atoms with Gasteiger partial charge in [-0.25, -0.2) is 0 Å². The number of hydrogen-bond donors (Lipinski definition) is 1. The summed E-state index contributed by atoms with van der Waals surface area (Å²) in [6.07, 6.45) is 7.21. The van der Waals surface area contributed by atoms with E-state index >= 15 is 0 Å². The first-order chi connectivity index (χ1) is 14.0.